The van der Waals surface area contributed by atoms with Crippen molar-refractivity contribution < 1.29 is 14.6 Å². The molecule has 19 heavy (non-hydrogen) atoms. The maximum Gasteiger partial charge on any atom is 0.307 e. The molecule has 0 amide bonds. The average Bonchev–Trinajstić information content (AvgIpc) is 2.37. The van der Waals surface area contributed by atoms with Crippen LogP contribution in [0, 0.1) is 0 Å². The Morgan fingerprint density at radius 3 is 2.58 bits per heavy atom. The molecule has 0 atom stereocenters. The molecule has 0 fully saturated rings. The molecular weight excluding hydrogens is 240 g/mol. The summed E-state index contributed by atoms with van der Waals surface area (Å²) in [5.41, 5.74) is 2.00. The van der Waals surface area contributed by atoms with Crippen LogP contribution in [-0.2, 0) is 17.6 Å². The lowest BCUT2D eigenvalue weighted by Crippen LogP contribution is -2.03. The van der Waals surface area contributed by atoms with Crippen LogP contribution >= 0.6 is 0 Å². The quantitative estimate of drug-likeness (QED) is 0.912. The number of carboxylic acids is 1. The highest BCUT2D eigenvalue weighted by Crippen LogP contribution is 2.27. The Morgan fingerprint density at radius 2 is 2.00 bits per heavy atom. The van der Waals surface area contributed by atoms with E-state index in [9.17, 15) is 4.79 Å². The fourth-order valence-corrected chi connectivity index (χ4v) is 2.29. The topological polar surface area (TPSA) is 46.5 Å². The summed E-state index contributed by atoms with van der Waals surface area (Å²) >= 11 is 0. The summed E-state index contributed by atoms with van der Waals surface area (Å²) in [6, 6.07) is 9.73. The maximum atomic E-state index is 10.9. The molecule has 0 radical (unpaired) electrons. The summed E-state index contributed by atoms with van der Waals surface area (Å²) in [5, 5.41) is 11.1. The maximum absolute atomic E-state index is 10.9. The van der Waals surface area contributed by atoms with Crippen LogP contribution in [0.3, 0.4) is 0 Å². The van der Waals surface area contributed by atoms with E-state index < -0.39 is 5.97 Å². The molecule has 3 nitrogen and oxygen atoms in total. The Morgan fingerprint density at radius 1 is 1.26 bits per heavy atom. The van der Waals surface area contributed by atoms with Gasteiger partial charge in [0.2, 0.25) is 0 Å². The molecule has 2 aromatic carbocycles. The molecular formula is C16H20O3. The number of aliphatic carboxylic acids is 1. The van der Waals surface area contributed by atoms with Crippen molar-refractivity contribution in [2.24, 2.45) is 0 Å². The number of hydrogen-bond donors (Lipinski definition) is 1. The number of benzene rings is 2. The lowest BCUT2D eigenvalue weighted by molar-refractivity contribution is -0.136. The molecule has 1 N–H and O–H groups in total. The second-order valence-electron chi connectivity index (χ2n) is 4.21. The van der Waals surface area contributed by atoms with Crippen molar-refractivity contribution in [3.63, 3.8) is 0 Å². The zero-order valence-corrected chi connectivity index (χ0v) is 10.6. The van der Waals surface area contributed by atoms with Gasteiger partial charge in [0.1, 0.15) is 5.75 Å². The molecule has 2 aromatic rings. The number of hydrogen-bond acceptors (Lipinski definition) is 2. The molecule has 0 heterocycles. The Labute approximate surface area is 113 Å². The third-order valence-electron chi connectivity index (χ3n) is 3.13. The van der Waals surface area contributed by atoms with Crippen LogP contribution in [-0.4, -0.2) is 18.2 Å². The van der Waals surface area contributed by atoms with Gasteiger partial charge in [-0.3, -0.25) is 4.79 Å². The van der Waals surface area contributed by atoms with Crippen molar-refractivity contribution in [1.29, 1.82) is 0 Å². The lowest BCUT2D eigenvalue weighted by Gasteiger charge is -2.11. The van der Waals surface area contributed by atoms with E-state index in [2.05, 4.69) is 0 Å². The number of rotatable bonds is 4. The molecule has 3 heteroatoms. The molecule has 0 aliphatic heterocycles. The normalized spacial score (nSPS) is 10.0. The molecule has 0 saturated carbocycles. The van der Waals surface area contributed by atoms with Gasteiger partial charge in [-0.15, -0.1) is 0 Å². The minimum absolute atomic E-state index is 0. The van der Waals surface area contributed by atoms with E-state index in [1.165, 1.54) is 0 Å². The number of carboxylic acid groups (broad SMARTS) is 1. The summed E-state index contributed by atoms with van der Waals surface area (Å²) in [5.74, 6) is 0.0214. The summed E-state index contributed by atoms with van der Waals surface area (Å²) in [7, 11) is 1.64. The predicted octanol–water partition coefficient (Wildman–Crippen LogP) is 3.67. The zero-order chi connectivity index (χ0) is 13.1. The largest absolute Gasteiger partial charge is 0.497 e. The van der Waals surface area contributed by atoms with E-state index in [-0.39, 0.29) is 13.8 Å². The summed E-state index contributed by atoms with van der Waals surface area (Å²) < 4.78 is 5.20. The zero-order valence-electron chi connectivity index (χ0n) is 10.6. The molecule has 0 aromatic heterocycles. The molecule has 0 unspecified atom stereocenters. The third kappa shape index (κ3) is 3.05. The molecule has 2 rings (SSSR count). The van der Waals surface area contributed by atoms with Gasteiger partial charge >= 0.3 is 5.97 Å². The van der Waals surface area contributed by atoms with Crippen LogP contribution in [0.1, 0.15) is 25.5 Å². The van der Waals surface area contributed by atoms with Crippen LogP contribution in [0.5, 0.6) is 5.75 Å². The van der Waals surface area contributed by atoms with E-state index in [4.69, 9.17) is 9.84 Å². The summed E-state index contributed by atoms with van der Waals surface area (Å²) in [6.07, 6.45) is 0.900. The molecule has 0 spiro atoms. The predicted molar refractivity (Wildman–Crippen MR) is 77.9 cm³/mol. The van der Waals surface area contributed by atoms with E-state index in [0.29, 0.717) is 0 Å². The second-order valence-corrected chi connectivity index (χ2v) is 4.21. The van der Waals surface area contributed by atoms with Crippen LogP contribution in [0.15, 0.2) is 30.3 Å². The number of methoxy groups -OCH3 is 1. The van der Waals surface area contributed by atoms with Crippen molar-refractivity contribution >= 4 is 16.7 Å². The number of carbonyl (C=O) groups is 1. The third-order valence-corrected chi connectivity index (χ3v) is 3.13. The second kappa shape index (κ2) is 6.23. The van der Waals surface area contributed by atoms with Crippen molar-refractivity contribution in [2.45, 2.75) is 27.2 Å². The van der Waals surface area contributed by atoms with Gasteiger partial charge < -0.3 is 9.84 Å². The van der Waals surface area contributed by atoms with Crippen molar-refractivity contribution in [3.05, 3.63) is 41.5 Å². The van der Waals surface area contributed by atoms with E-state index in [0.717, 1.165) is 34.1 Å². The van der Waals surface area contributed by atoms with Crippen LogP contribution in [0.2, 0.25) is 0 Å². The number of ether oxygens (including phenoxy) is 1. The van der Waals surface area contributed by atoms with Gasteiger partial charge in [-0.1, -0.05) is 32.5 Å². The first kappa shape index (κ1) is 15.0. The van der Waals surface area contributed by atoms with Crippen LogP contribution < -0.4 is 4.74 Å². The van der Waals surface area contributed by atoms with E-state index in [1.807, 2.05) is 37.3 Å². The Kier molecular flexibility index (Phi) is 4.93. The van der Waals surface area contributed by atoms with Crippen LogP contribution in [0.25, 0.3) is 10.8 Å². The van der Waals surface area contributed by atoms with Gasteiger partial charge in [-0.05, 0) is 40.5 Å². The SMILES string of the molecule is C.CCc1c(CC(=O)O)ccc2cc(OC)ccc12. The first-order valence-corrected chi connectivity index (χ1v) is 5.96. The minimum Gasteiger partial charge on any atom is -0.497 e. The van der Waals surface area contributed by atoms with E-state index >= 15 is 0 Å². The molecule has 0 aliphatic carbocycles. The van der Waals surface area contributed by atoms with Crippen molar-refractivity contribution in [3.8, 4) is 5.75 Å². The molecule has 0 saturated heterocycles. The monoisotopic (exact) mass is 260 g/mol. The molecule has 0 aliphatic rings. The fraction of sp³-hybridized carbons (Fsp3) is 0.312. The number of aryl methyl sites for hydroxylation is 1. The Bertz CT molecular complexity index is 588. The number of fused-ring (bicyclic) bond motifs is 1. The van der Waals surface area contributed by atoms with Gasteiger partial charge in [0.05, 0.1) is 13.5 Å². The standard InChI is InChI=1S/C15H16O3.CH4/c1-3-13-11(9-15(16)17)5-4-10-8-12(18-2)6-7-14(10)13;/h4-8H,3,9H2,1-2H3,(H,16,17);1H4. The minimum atomic E-state index is -0.794. The fourth-order valence-electron chi connectivity index (χ4n) is 2.29. The van der Waals surface area contributed by atoms with Crippen LogP contribution in [0.4, 0.5) is 0 Å². The lowest BCUT2D eigenvalue weighted by atomic mass is 9.95. The van der Waals surface area contributed by atoms with Gasteiger partial charge in [-0.25, -0.2) is 0 Å². The first-order valence-electron chi connectivity index (χ1n) is 5.96. The summed E-state index contributed by atoms with van der Waals surface area (Å²) in [4.78, 5) is 10.9. The molecule has 0 bridgehead atoms. The average molecular weight is 260 g/mol. The highest BCUT2D eigenvalue weighted by Gasteiger charge is 2.09. The van der Waals surface area contributed by atoms with Gasteiger partial charge in [0, 0.05) is 0 Å². The van der Waals surface area contributed by atoms with Crippen molar-refractivity contribution in [2.75, 3.05) is 7.11 Å². The Balaban J connectivity index is 0.00000180. The van der Waals surface area contributed by atoms with E-state index in [1.54, 1.807) is 7.11 Å². The summed E-state index contributed by atoms with van der Waals surface area (Å²) in [6.45, 7) is 2.05. The smallest absolute Gasteiger partial charge is 0.307 e. The van der Waals surface area contributed by atoms with Gasteiger partial charge in [0.15, 0.2) is 0 Å². The highest BCUT2D eigenvalue weighted by atomic mass is 16.5. The first-order chi connectivity index (χ1) is 8.65. The highest BCUT2D eigenvalue weighted by molar-refractivity contribution is 5.89. The van der Waals surface area contributed by atoms with Crippen molar-refractivity contribution in [1.82, 2.24) is 0 Å². The van der Waals surface area contributed by atoms with Gasteiger partial charge in [-0.2, -0.15) is 0 Å². The Hall–Kier alpha value is -2.03. The molecule has 102 valence electrons. The van der Waals surface area contributed by atoms with Gasteiger partial charge in [0.25, 0.3) is 0 Å².